The van der Waals surface area contributed by atoms with Crippen LogP contribution in [0.3, 0.4) is 0 Å². The summed E-state index contributed by atoms with van der Waals surface area (Å²) in [5.41, 5.74) is -0.376. The largest absolute Gasteiger partial charge is 0.496 e. The van der Waals surface area contributed by atoms with Gasteiger partial charge in [0.15, 0.2) is 0 Å². The average molecular weight is 315 g/mol. The third-order valence-corrected chi connectivity index (χ3v) is 2.21. The van der Waals surface area contributed by atoms with Crippen molar-refractivity contribution in [1.82, 2.24) is 4.98 Å². The lowest BCUT2D eigenvalue weighted by Gasteiger charge is -2.11. The number of ether oxygens (including phenoxy) is 1. The van der Waals surface area contributed by atoms with Gasteiger partial charge < -0.3 is 9.84 Å². The molecule has 0 atom stereocenters. The molecule has 6 heteroatoms. The van der Waals surface area contributed by atoms with E-state index < -0.39 is 13.0 Å². The minimum absolute atomic E-state index is 0.0382. The van der Waals surface area contributed by atoms with Crippen LogP contribution in [0.15, 0.2) is 6.07 Å². The first-order valence-corrected chi connectivity index (χ1v) is 4.80. The Kier molecular flexibility index (Phi) is 3.99. The number of pyridine rings is 1. The van der Waals surface area contributed by atoms with E-state index >= 15 is 0 Å². The highest BCUT2D eigenvalue weighted by molar-refractivity contribution is 14.1. The summed E-state index contributed by atoms with van der Waals surface area (Å²) in [5.74, 6) is 0.0588. The zero-order chi connectivity index (χ0) is 10.7. The fourth-order valence-electron chi connectivity index (χ4n) is 1.07. The van der Waals surface area contributed by atoms with Gasteiger partial charge in [-0.1, -0.05) is 0 Å². The lowest BCUT2D eigenvalue weighted by Crippen LogP contribution is -2.03. The second kappa shape index (κ2) is 4.83. The molecule has 14 heavy (non-hydrogen) atoms. The summed E-state index contributed by atoms with van der Waals surface area (Å²) < 4.78 is 30.4. The number of hydrogen-bond acceptors (Lipinski definition) is 3. The molecule has 0 aliphatic rings. The van der Waals surface area contributed by atoms with Gasteiger partial charge in [0.25, 0.3) is 6.43 Å². The molecule has 1 N–H and O–H groups in total. The molecule has 0 saturated heterocycles. The van der Waals surface area contributed by atoms with Gasteiger partial charge in [-0.25, -0.2) is 13.8 Å². The maximum absolute atomic E-state index is 12.6. The van der Waals surface area contributed by atoms with E-state index in [1.807, 2.05) is 22.6 Å². The summed E-state index contributed by atoms with van der Waals surface area (Å²) in [6.07, 6.45) is -2.70. The van der Waals surface area contributed by atoms with Crippen LogP contribution in [0.2, 0.25) is 0 Å². The van der Waals surface area contributed by atoms with Gasteiger partial charge in [0.2, 0.25) is 0 Å². The molecule has 0 spiro atoms. The fraction of sp³-hybridized carbons (Fsp3) is 0.375. The molecular formula is C8H8F2INO2. The van der Waals surface area contributed by atoms with E-state index in [2.05, 4.69) is 4.98 Å². The van der Waals surface area contributed by atoms with Gasteiger partial charge in [-0.3, -0.25) is 0 Å². The number of rotatable bonds is 3. The quantitative estimate of drug-likeness (QED) is 0.686. The molecular weight excluding hydrogens is 307 g/mol. The summed E-state index contributed by atoms with van der Waals surface area (Å²) >= 11 is 1.87. The highest BCUT2D eigenvalue weighted by Crippen LogP contribution is 2.32. The van der Waals surface area contributed by atoms with E-state index in [0.717, 1.165) is 0 Å². The molecule has 0 bridgehead atoms. The maximum Gasteiger partial charge on any atom is 0.269 e. The van der Waals surface area contributed by atoms with Crippen molar-refractivity contribution < 1.29 is 18.6 Å². The molecule has 0 fully saturated rings. The van der Waals surface area contributed by atoms with Crippen LogP contribution in [0, 0.1) is 3.70 Å². The van der Waals surface area contributed by atoms with E-state index in [1.165, 1.54) is 13.2 Å². The van der Waals surface area contributed by atoms with Crippen LogP contribution in [0.1, 0.15) is 17.7 Å². The summed E-state index contributed by atoms with van der Waals surface area (Å²) in [7, 11) is 1.30. The highest BCUT2D eigenvalue weighted by atomic mass is 127. The SMILES string of the molecule is COc1cc(I)nc(CO)c1C(F)F. The number of hydrogen-bond donors (Lipinski definition) is 1. The second-order valence-corrected chi connectivity index (χ2v) is 3.57. The number of aliphatic hydroxyl groups excluding tert-OH is 1. The average Bonchev–Trinajstić information content (AvgIpc) is 2.15. The number of alkyl halides is 2. The molecule has 0 aromatic carbocycles. The molecule has 0 unspecified atom stereocenters. The molecule has 0 amide bonds. The lowest BCUT2D eigenvalue weighted by molar-refractivity contribution is 0.141. The number of halogens is 3. The van der Waals surface area contributed by atoms with Gasteiger partial charge in [-0.05, 0) is 22.6 Å². The molecule has 0 aliphatic carbocycles. The summed E-state index contributed by atoms with van der Waals surface area (Å²) in [6, 6.07) is 1.40. The normalized spacial score (nSPS) is 10.7. The minimum Gasteiger partial charge on any atom is -0.496 e. The number of aliphatic hydroxyl groups is 1. The van der Waals surface area contributed by atoms with Crippen LogP contribution >= 0.6 is 22.6 Å². The molecule has 0 radical (unpaired) electrons. The van der Waals surface area contributed by atoms with Crippen molar-refractivity contribution in [2.45, 2.75) is 13.0 Å². The van der Waals surface area contributed by atoms with Crippen LogP contribution in [-0.4, -0.2) is 17.2 Å². The molecule has 1 aromatic rings. The van der Waals surface area contributed by atoms with E-state index in [1.54, 1.807) is 0 Å². The Balaban J connectivity index is 3.33. The first-order chi connectivity index (χ1) is 6.60. The van der Waals surface area contributed by atoms with Crippen LogP contribution < -0.4 is 4.74 Å². The monoisotopic (exact) mass is 315 g/mol. The number of nitrogens with zero attached hydrogens (tertiary/aromatic N) is 1. The van der Waals surface area contributed by atoms with Crippen molar-refractivity contribution in [3.8, 4) is 5.75 Å². The predicted molar refractivity (Wildman–Crippen MR) is 54.4 cm³/mol. The Morgan fingerprint density at radius 1 is 1.64 bits per heavy atom. The Morgan fingerprint density at radius 3 is 2.71 bits per heavy atom. The first-order valence-electron chi connectivity index (χ1n) is 3.72. The zero-order valence-electron chi connectivity index (χ0n) is 7.30. The van der Waals surface area contributed by atoms with Crippen molar-refractivity contribution in [1.29, 1.82) is 0 Å². The summed E-state index contributed by atoms with van der Waals surface area (Å²) in [4.78, 5) is 3.80. The van der Waals surface area contributed by atoms with Gasteiger partial charge in [-0.15, -0.1) is 0 Å². The standard InChI is InChI=1S/C8H8F2INO2/c1-14-5-2-6(11)12-4(3-13)7(5)8(9)10/h2,8,13H,3H2,1H3. The van der Waals surface area contributed by atoms with E-state index in [0.29, 0.717) is 3.70 Å². The Bertz CT molecular complexity index is 308. The molecule has 0 saturated carbocycles. The molecule has 1 aromatic heterocycles. The smallest absolute Gasteiger partial charge is 0.269 e. The van der Waals surface area contributed by atoms with Gasteiger partial charge in [0.1, 0.15) is 9.45 Å². The van der Waals surface area contributed by atoms with Crippen molar-refractivity contribution in [2.75, 3.05) is 7.11 Å². The predicted octanol–water partition coefficient (Wildman–Crippen LogP) is 2.12. The number of methoxy groups -OCH3 is 1. The molecule has 78 valence electrons. The molecule has 3 nitrogen and oxygen atoms in total. The van der Waals surface area contributed by atoms with Crippen molar-refractivity contribution in [2.24, 2.45) is 0 Å². The third kappa shape index (κ3) is 2.30. The van der Waals surface area contributed by atoms with Crippen molar-refractivity contribution >= 4 is 22.6 Å². The minimum atomic E-state index is -2.70. The maximum atomic E-state index is 12.6. The fourth-order valence-corrected chi connectivity index (χ4v) is 1.65. The van der Waals surface area contributed by atoms with Crippen LogP contribution in [0.4, 0.5) is 8.78 Å². The van der Waals surface area contributed by atoms with Crippen molar-refractivity contribution in [3.05, 3.63) is 21.0 Å². The summed E-state index contributed by atoms with van der Waals surface area (Å²) in [5, 5.41) is 8.86. The van der Waals surface area contributed by atoms with Gasteiger partial charge in [-0.2, -0.15) is 0 Å². The van der Waals surface area contributed by atoms with Crippen molar-refractivity contribution in [3.63, 3.8) is 0 Å². The Morgan fingerprint density at radius 2 is 2.29 bits per heavy atom. The lowest BCUT2D eigenvalue weighted by atomic mass is 10.2. The Hall–Kier alpha value is -0.500. The molecule has 0 aliphatic heterocycles. The number of aromatic nitrogens is 1. The van der Waals surface area contributed by atoms with Crippen LogP contribution in [0.5, 0.6) is 5.75 Å². The summed E-state index contributed by atoms with van der Waals surface area (Å²) in [6.45, 7) is -0.521. The van der Waals surface area contributed by atoms with E-state index in [4.69, 9.17) is 9.84 Å². The van der Waals surface area contributed by atoms with Gasteiger partial charge in [0, 0.05) is 6.07 Å². The van der Waals surface area contributed by atoms with Crippen LogP contribution in [0.25, 0.3) is 0 Å². The third-order valence-electron chi connectivity index (χ3n) is 1.66. The molecule has 1 heterocycles. The Labute approximate surface area is 93.2 Å². The van der Waals surface area contributed by atoms with Crippen LogP contribution in [-0.2, 0) is 6.61 Å². The molecule has 1 rings (SSSR count). The topological polar surface area (TPSA) is 42.4 Å². The highest BCUT2D eigenvalue weighted by Gasteiger charge is 2.20. The second-order valence-electron chi connectivity index (χ2n) is 2.47. The van der Waals surface area contributed by atoms with Gasteiger partial charge in [0.05, 0.1) is 25.0 Å². The zero-order valence-corrected chi connectivity index (χ0v) is 9.46. The first kappa shape index (κ1) is 11.6. The van der Waals surface area contributed by atoms with Gasteiger partial charge >= 0.3 is 0 Å². The van der Waals surface area contributed by atoms with E-state index in [9.17, 15) is 8.78 Å². The van der Waals surface area contributed by atoms with E-state index in [-0.39, 0.29) is 17.0 Å².